The zero-order chi connectivity index (χ0) is 22.5. The second-order valence-corrected chi connectivity index (χ2v) is 8.39. The number of amides is 2. The first-order valence-electron chi connectivity index (χ1n) is 10.7. The third-order valence-corrected chi connectivity index (χ3v) is 5.95. The lowest BCUT2D eigenvalue weighted by atomic mass is 10.1. The van der Waals surface area contributed by atoms with Crippen LogP contribution in [0.2, 0.25) is 5.02 Å². The quantitative estimate of drug-likeness (QED) is 0.663. The van der Waals surface area contributed by atoms with Crippen LogP contribution in [0.3, 0.4) is 0 Å². The normalized spacial score (nSPS) is 17.1. The van der Waals surface area contributed by atoms with Crippen molar-refractivity contribution in [3.05, 3.63) is 53.1 Å². The monoisotopic (exact) mass is 458 g/mol. The maximum atomic E-state index is 12.5. The lowest BCUT2D eigenvalue weighted by Crippen LogP contribution is -2.51. The smallest absolute Gasteiger partial charge is 0.238 e. The van der Waals surface area contributed by atoms with E-state index in [9.17, 15) is 9.59 Å². The highest BCUT2D eigenvalue weighted by molar-refractivity contribution is 6.33. The molecule has 2 aliphatic rings. The summed E-state index contributed by atoms with van der Waals surface area (Å²) >= 11 is 6.09. The van der Waals surface area contributed by atoms with Crippen LogP contribution in [0.15, 0.2) is 42.5 Å². The fourth-order valence-corrected chi connectivity index (χ4v) is 4.00. The minimum Gasteiger partial charge on any atom is -0.454 e. The maximum Gasteiger partial charge on any atom is 0.238 e. The molecule has 32 heavy (non-hydrogen) atoms. The summed E-state index contributed by atoms with van der Waals surface area (Å²) in [6.45, 7) is 5.71. The van der Waals surface area contributed by atoms with Gasteiger partial charge in [-0.25, -0.2) is 0 Å². The predicted molar refractivity (Wildman–Crippen MR) is 122 cm³/mol. The number of nitrogens with zero attached hydrogens (tertiary/aromatic N) is 2. The van der Waals surface area contributed by atoms with Gasteiger partial charge >= 0.3 is 0 Å². The molecule has 2 heterocycles. The van der Waals surface area contributed by atoms with E-state index in [1.54, 1.807) is 12.1 Å². The van der Waals surface area contributed by atoms with Crippen molar-refractivity contribution in [3.8, 4) is 11.5 Å². The van der Waals surface area contributed by atoms with Crippen LogP contribution in [-0.4, -0.2) is 67.7 Å². The number of para-hydroxylation sites is 1. The number of anilines is 1. The summed E-state index contributed by atoms with van der Waals surface area (Å²) in [5.41, 5.74) is 1.59. The molecule has 0 saturated carbocycles. The van der Waals surface area contributed by atoms with Gasteiger partial charge < -0.3 is 20.1 Å². The third-order valence-electron chi connectivity index (χ3n) is 5.62. The van der Waals surface area contributed by atoms with Crippen LogP contribution >= 0.6 is 11.6 Å². The number of carbonyl (C=O) groups excluding carboxylic acids is 2. The van der Waals surface area contributed by atoms with Gasteiger partial charge in [0.2, 0.25) is 18.6 Å². The van der Waals surface area contributed by atoms with E-state index in [-0.39, 0.29) is 24.6 Å². The fourth-order valence-electron chi connectivity index (χ4n) is 3.82. The van der Waals surface area contributed by atoms with E-state index < -0.39 is 0 Å². The molecule has 2 amide bonds. The van der Waals surface area contributed by atoms with Crippen molar-refractivity contribution >= 4 is 29.1 Å². The Labute approximate surface area is 192 Å². The number of ether oxygens (including phenoxy) is 2. The molecule has 8 nitrogen and oxygen atoms in total. The van der Waals surface area contributed by atoms with Gasteiger partial charge in [-0.05, 0) is 36.8 Å². The molecule has 0 bridgehead atoms. The van der Waals surface area contributed by atoms with Crippen molar-refractivity contribution in [1.82, 2.24) is 15.1 Å². The van der Waals surface area contributed by atoms with Crippen LogP contribution < -0.4 is 20.1 Å². The average molecular weight is 459 g/mol. The number of rotatable bonds is 7. The first kappa shape index (κ1) is 22.4. The molecule has 0 aliphatic carbocycles. The molecular weight excluding hydrogens is 432 g/mol. The molecule has 2 aromatic carbocycles. The Morgan fingerprint density at radius 3 is 2.34 bits per heavy atom. The Kier molecular flexibility index (Phi) is 7.14. The lowest BCUT2D eigenvalue weighted by molar-refractivity contribution is -0.124. The van der Waals surface area contributed by atoms with Crippen molar-refractivity contribution in [2.75, 3.05) is 51.4 Å². The summed E-state index contributed by atoms with van der Waals surface area (Å²) in [6.07, 6.45) is 0. The molecule has 1 fully saturated rings. The van der Waals surface area contributed by atoms with Crippen molar-refractivity contribution in [1.29, 1.82) is 0 Å². The van der Waals surface area contributed by atoms with Gasteiger partial charge in [-0.1, -0.05) is 29.8 Å². The van der Waals surface area contributed by atoms with Gasteiger partial charge in [0.05, 0.1) is 29.8 Å². The fraction of sp³-hybridized carbons (Fsp3) is 0.391. The largest absolute Gasteiger partial charge is 0.454 e. The zero-order valence-corrected chi connectivity index (χ0v) is 18.7. The Bertz CT molecular complexity index is 978. The Hall–Kier alpha value is -2.81. The molecule has 1 unspecified atom stereocenters. The number of piperazine rings is 1. The minimum absolute atomic E-state index is 0.0277. The van der Waals surface area contributed by atoms with Crippen LogP contribution in [0.1, 0.15) is 18.5 Å². The SMILES string of the molecule is CC(NC(=O)CN1CCN(CC(=O)Nc2ccccc2Cl)CC1)c1ccc2c(c1)OCO2. The number of halogens is 1. The third kappa shape index (κ3) is 5.70. The van der Waals surface area contributed by atoms with E-state index >= 15 is 0 Å². The van der Waals surface area contributed by atoms with Gasteiger partial charge in [0, 0.05) is 26.2 Å². The highest BCUT2D eigenvalue weighted by atomic mass is 35.5. The molecule has 170 valence electrons. The summed E-state index contributed by atoms with van der Waals surface area (Å²) in [4.78, 5) is 29.0. The molecule has 4 rings (SSSR count). The minimum atomic E-state index is -0.133. The number of carbonyl (C=O) groups is 2. The van der Waals surface area contributed by atoms with E-state index in [2.05, 4.69) is 20.4 Å². The molecule has 0 aromatic heterocycles. The van der Waals surface area contributed by atoms with Gasteiger partial charge in [0.15, 0.2) is 11.5 Å². The van der Waals surface area contributed by atoms with Gasteiger partial charge in [-0.2, -0.15) is 0 Å². The van der Waals surface area contributed by atoms with Gasteiger partial charge in [-0.3, -0.25) is 19.4 Å². The Morgan fingerprint density at radius 1 is 0.969 bits per heavy atom. The average Bonchev–Trinajstić information content (AvgIpc) is 3.24. The molecule has 0 spiro atoms. The molecule has 0 radical (unpaired) electrons. The van der Waals surface area contributed by atoms with E-state index in [1.807, 2.05) is 37.3 Å². The van der Waals surface area contributed by atoms with Crippen LogP contribution in [0.25, 0.3) is 0 Å². The number of nitrogens with one attached hydrogen (secondary N) is 2. The van der Waals surface area contributed by atoms with Crippen molar-refractivity contribution in [2.24, 2.45) is 0 Å². The Morgan fingerprint density at radius 2 is 1.62 bits per heavy atom. The summed E-state index contributed by atoms with van der Waals surface area (Å²) in [7, 11) is 0. The predicted octanol–water partition coefficient (Wildman–Crippen LogP) is 2.50. The highest BCUT2D eigenvalue weighted by Gasteiger charge is 2.22. The summed E-state index contributed by atoms with van der Waals surface area (Å²) in [5.74, 6) is 1.31. The van der Waals surface area contributed by atoms with Crippen LogP contribution in [0, 0.1) is 0 Å². The van der Waals surface area contributed by atoms with Gasteiger partial charge in [-0.15, -0.1) is 0 Å². The van der Waals surface area contributed by atoms with Crippen LogP contribution in [0.4, 0.5) is 5.69 Å². The van der Waals surface area contributed by atoms with Crippen LogP contribution in [-0.2, 0) is 9.59 Å². The molecule has 1 atom stereocenters. The first-order chi connectivity index (χ1) is 15.5. The van der Waals surface area contributed by atoms with Crippen molar-refractivity contribution in [2.45, 2.75) is 13.0 Å². The van der Waals surface area contributed by atoms with E-state index in [0.717, 1.165) is 37.5 Å². The summed E-state index contributed by atoms with van der Waals surface area (Å²) in [5, 5.41) is 6.41. The lowest BCUT2D eigenvalue weighted by Gasteiger charge is -2.34. The first-order valence-corrected chi connectivity index (χ1v) is 11.0. The highest BCUT2D eigenvalue weighted by Crippen LogP contribution is 2.34. The number of benzene rings is 2. The molecule has 1 saturated heterocycles. The zero-order valence-electron chi connectivity index (χ0n) is 18.0. The van der Waals surface area contributed by atoms with E-state index in [0.29, 0.717) is 29.5 Å². The van der Waals surface area contributed by atoms with E-state index in [1.165, 1.54) is 0 Å². The second kappa shape index (κ2) is 10.2. The maximum absolute atomic E-state index is 12.5. The number of hydrogen-bond donors (Lipinski definition) is 2. The van der Waals surface area contributed by atoms with E-state index in [4.69, 9.17) is 21.1 Å². The molecule has 9 heteroatoms. The molecule has 2 aliphatic heterocycles. The second-order valence-electron chi connectivity index (χ2n) is 7.98. The van der Waals surface area contributed by atoms with Gasteiger partial charge in [0.1, 0.15) is 0 Å². The molecule has 2 aromatic rings. The van der Waals surface area contributed by atoms with Gasteiger partial charge in [0.25, 0.3) is 0 Å². The number of fused-ring (bicyclic) bond motifs is 1. The number of hydrogen-bond acceptors (Lipinski definition) is 6. The van der Waals surface area contributed by atoms with Crippen molar-refractivity contribution < 1.29 is 19.1 Å². The topological polar surface area (TPSA) is 83.1 Å². The Balaban J connectivity index is 1.19. The van der Waals surface area contributed by atoms with Crippen molar-refractivity contribution in [3.63, 3.8) is 0 Å². The molecular formula is C23H27ClN4O4. The molecule has 2 N–H and O–H groups in total. The van der Waals surface area contributed by atoms with Crippen LogP contribution in [0.5, 0.6) is 11.5 Å². The summed E-state index contributed by atoms with van der Waals surface area (Å²) < 4.78 is 10.7. The summed E-state index contributed by atoms with van der Waals surface area (Å²) in [6, 6.07) is 12.7. The standard InChI is InChI=1S/C23H27ClN4O4/c1-16(17-6-7-20-21(12-17)32-15-31-20)25-22(29)13-27-8-10-28(11-9-27)14-23(30)26-19-5-3-2-4-18(19)24/h2-7,12,16H,8-11,13-15H2,1H3,(H,25,29)(H,26,30).